The van der Waals surface area contributed by atoms with Crippen molar-refractivity contribution in [3.8, 4) is 17.3 Å². The van der Waals surface area contributed by atoms with Gasteiger partial charge in [-0.1, -0.05) is 47.5 Å². The topological polar surface area (TPSA) is 123 Å². The summed E-state index contributed by atoms with van der Waals surface area (Å²) in [5.74, 6) is 0.254. The fraction of sp³-hybridized carbons (Fsp3) is 0.174. The van der Waals surface area contributed by atoms with Gasteiger partial charge < -0.3 is 4.74 Å². The lowest BCUT2D eigenvalue weighted by Gasteiger charge is -2.24. The van der Waals surface area contributed by atoms with E-state index in [1.165, 1.54) is 23.3 Å². The summed E-state index contributed by atoms with van der Waals surface area (Å²) < 4.78 is 6.77. The standard InChI is InChI=1S/C23H17Cl2N5O4/c24-17-8-15(30-23(33)27-19(31)11-26-30)9-18(25)21(17)34-20-10-16(22(32)29-28-20)14-6-5-12-3-1-2-4-13(12)7-14/h1-4,8-11,14H,5-7H2,(H,29,32)(H,27,31,33). The summed E-state index contributed by atoms with van der Waals surface area (Å²) in [5.41, 5.74) is 1.70. The van der Waals surface area contributed by atoms with Gasteiger partial charge >= 0.3 is 5.69 Å². The lowest BCUT2D eigenvalue weighted by Crippen LogP contribution is -2.30. The first-order chi connectivity index (χ1) is 16.4. The van der Waals surface area contributed by atoms with Gasteiger partial charge in [-0.15, -0.1) is 5.10 Å². The van der Waals surface area contributed by atoms with Crippen LogP contribution in [0.3, 0.4) is 0 Å². The molecular formula is C23H17Cl2N5O4. The Morgan fingerprint density at radius 2 is 1.76 bits per heavy atom. The van der Waals surface area contributed by atoms with Gasteiger partial charge in [-0.05, 0) is 48.4 Å². The smallest absolute Gasteiger partial charge is 0.349 e. The van der Waals surface area contributed by atoms with E-state index in [0.29, 0.717) is 5.56 Å². The van der Waals surface area contributed by atoms with Gasteiger partial charge in [-0.2, -0.15) is 9.78 Å². The molecule has 0 saturated carbocycles. The zero-order valence-electron chi connectivity index (χ0n) is 17.5. The van der Waals surface area contributed by atoms with Crippen molar-refractivity contribution in [2.45, 2.75) is 25.2 Å². The summed E-state index contributed by atoms with van der Waals surface area (Å²) in [6.45, 7) is 0. The molecule has 1 aliphatic rings. The van der Waals surface area contributed by atoms with Crippen LogP contribution >= 0.6 is 23.2 Å². The monoisotopic (exact) mass is 497 g/mol. The second-order valence-corrected chi connectivity index (χ2v) is 8.70. The zero-order chi connectivity index (χ0) is 23.8. The van der Waals surface area contributed by atoms with E-state index in [4.69, 9.17) is 27.9 Å². The van der Waals surface area contributed by atoms with Crippen LogP contribution in [0.1, 0.15) is 29.0 Å². The molecule has 0 bridgehead atoms. The Kier molecular flexibility index (Phi) is 5.80. The number of H-pyrrole nitrogens is 2. The minimum atomic E-state index is -0.741. The van der Waals surface area contributed by atoms with E-state index in [2.05, 4.69) is 32.4 Å². The third-order valence-corrected chi connectivity index (χ3v) is 6.30. The Morgan fingerprint density at radius 1 is 1.03 bits per heavy atom. The Morgan fingerprint density at radius 3 is 2.50 bits per heavy atom. The second kappa shape index (κ2) is 8.92. The van der Waals surface area contributed by atoms with Crippen molar-refractivity contribution < 1.29 is 4.74 Å². The van der Waals surface area contributed by atoms with Crippen molar-refractivity contribution in [1.82, 2.24) is 25.0 Å². The molecule has 0 saturated heterocycles. The van der Waals surface area contributed by atoms with E-state index in [1.807, 2.05) is 12.1 Å². The first kappa shape index (κ1) is 22.1. The van der Waals surface area contributed by atoms with Gasteiger partial charge in [-0.3, -0.25) is 14.6 Å². The van der Waals surface area contributed by atoms with Crippen LogP contribution in [-0.2, 0) is 12.8 Å². The highest BCUT2D eigenvalue weighted by Crippen LogP contribution is 2.38. The average Bonchev–Trinajstić information content (AvgIpc) is 2.82. The maximum atomic E-state index is 12.5. The molecule has 2 aromatic carbocycles. The number of hydrogen-bond donors (Lipinski definition) is 2. The normalized spacial score (nSPS) is 15.1. The van der Waals surface area contributed by atoms with Gasteiger partial charge in [-0.25, -0.2) is 9.89 Å². The first-order valence-electron chi connectivity index (χ1n) is 10.4. The number of ether oxygens (including phenoxy) is 1. The molecule has 172 valence electrons. The zero-order valence-corrected chi connectivity index (χ0v) is 19.1. The predicted octanol–water partition coefficient (Wildman–Crippen LogP) is 3.38. The van der Waals surface area contributed by atoms with Crippen LogP contribution in [0.25, 0.3) is 5.69 Å². The summed E-state index contributed by atoms with van der Waals surface area (Å²) in [7, 11) is 0. The molecule has 4 aromatic rings. The maximum absolute atomic E-state index is 12.5. The molecule has 2 aromatic heterocycles. The van der Waals surface area contributed by atoms with Crippen LogP contribution < -0.4 is 21.5 Å². The van der Waals surface area contributed by atoms with E-state index in [9.17, 15) is 14.4 Å². The average molecular weight is 498 g/mol. The number of aromatic nitrogens is 5. The van der Waals surface area contributed by atoms with Gasteiger partial charge in [0, 0.05) is 11.6 Å². The Bertz CT molecular complexity index is 1550. The molecule has 1 unspecified atom stereocenters. The first-order valence-corrected chi connectivity index (χ1v) is 11.2. The van der Waals surface area contributed by atoms with Gasteiger partial charge in [0.25, 0.3) is 11.1 Å². The van der Waals surface area contributed by atoms with Gasteiger partial charge in [0.2, 0.25) is 5.88 Å². The molecule has 0 aliphatic heterocycles. The third-order valence-electron chi connectivity index (χ3n) is 5.74. The van der Waals surface area contributed by atoms with Crippen molar-refractivity contribution in [1.29, 1.82) is 0 Å². The van der Waals surface area contributed by atoms with E-state index in [1.54, 1.807) is 6.07 Å². The number of rotatable bonds is 4. The quantitative estimate of drug-likeness (QED) is 0.445. The van der Waals surface area contributed by atoms with E-state index in [0.717, 1.165) is 30.1 Å². The molecule has 0 radical (unpaired) electrons. The van der Waals surface area contributed by atoms with Crippen LogP contribution in [0.15, 0.2) is 63.0 Å². The Hall–Kier alpha value is -3.69. The predicted molar refractivity (Wildman–Crippen MR) is 127 cm³/mol. The SMILES string of the molecule is O=c1cnn(-c2cc(Cl)c(Oc3cc(C4CCc5ccccc5C4)c(=O)[nH]n3)c(Cl)c2)c(=O)[nH]1. The summed E-state index contributed by atoms with van der Waals surface area (Å²) in [6, 6.07) is 12.6. The van der Waals surface area contributed by atoms with Crippen LogP contribution in [0, 0.1) is 0 Å². The summed E-state index contributed by atoms with van der Waals surface area (Å²) in [5, 5.41) is 10.4. The summed E-state index contributed by atoms with van der Waals surface area (Å²) in [6.07, 6.45) is 3.43. The minimum Gasteiger partial charge on any atom is -0.434 e. The van der Waals surface area contributed by atoms with Crippen LogP contribution in [0.5, 0.6) is 11.6 Å². The molecule has 1 aliphatic carbocycles. The van der Waals surface area contributed by atoms with Crippen LogP contribution in [-0.4, -0.2) is 25.0 Å². The molecular weight excluding hydrogens is 481 g/mol. The Labute approximate surface area is 202 Å². The largest absolute Gasteiger partial charge is 0.434 e. The highest BCUT2D eigenvalue weighted by atomic mass is 35.5. The lowest BCUT2D eigenvalue weighted by atomic mass is 9.81. The number of aryl methyl sites for hydroxylation is 1. The van der Waals surface area contributed by atoms with E-state index < -0.39 is 11.2 Å². The molecule has 0 fully saturated rings. The van der Waals surface area contributed by atoms with Crippen molar-refractivity contribution in [2.75, 3.05) is 0 Å². The Balaban J connectivity index is 1.44. The molecule has 11 heteroatoms. The number of benzene rings is 2. The molecule has 9 nitrogen and oxygen atoms in total. The maximum Gasteiger partial charge on any atom is 0.349 e. The van der Waals surface area contributed by atoms with Gasteiger partial charge in [0.1, 0.15) is 6.20 Å². The number of nitrogens with zero attached hydrogens (tertiary/aromatic N) is 3. The molecule has 34 heavy (non-hydrogen) atoms. The second-order valence-electron chi connectivity index (χ2n) is 7.89. The lowest BCUT2D eigenvalue weighted by molar-refractivity contribution is 0.450. The summed E-state index contributed by atoms with van der Waals surface area (Å²) >= 11 is 12.7. The summed E-state index contributed by atoms with van der Waals surface area (Å²) in [4.78, 5) is 37.9. The number of aromatic amines is 2. The van der Waals surface area contributed by atoms with Crippen molar-refractivity contribution in [3.05, 3.63) is 107 Å². The molecule has 0 amide bonds. The molecule has 2 heterocycles. The van der Waals surface area contributed by atoms with E-state index in [-0.39, 0.29) is 38.8 Å². The highest BCUT2D eigenvalue weighted by Gasteiger charge is 2.23. The van der Waals surface area contributed by atoms with E-state index >= 15 is 0 Å². The molecule has 0 spiro atoms. The van der Waals surface area contributed by atoms with Crippen molar-refractivity contribution >= 4 is 23.2 Å². The molecule has 1 atom stereocenters. The highest BCUT2D eigenvalue weighted by molar-refractivity contribution is 6.37. The fourth-order valence-electron chi connectivity index (χ4n) is 4.13. The fourth-order valence-corrected chi connectivity index (χ4v) is 4.68. The number of fused-ring (bicyclic) bond motifs is 1. The van der Waals surface area contributed by atoms with Crippen molar-refractivity contribution in [2.24, 2.45) is 0 Å². The van der Waals surface area contributed by atoms with Gasteiger partial charge in [0.05, 0.1) is 15.7 Å². The minimum absolute atomic E-state index is 0.0236. The number of nitrogens with one attached hydrogen (secondary N) is 2. The van der Waals surface area contributed by atoms with Gasteiger partial charge in [0.15, 0.2) is 5.75 Å². The van der Waals surface area contributed by atoms with Crippen molar-refractivity contribution in [3.63, 3.8) is 0 Å². The molecule has 2 N–H and O–H groups in total. The third kappa shape index (κ3) is 4.27. The van der Waals surface area contributed by atoms with Crippen LogP contribution in [0.2, 0.25) is 10.0 Å². The number of hydrogen-bond acceptors (Lipinski definition) is 6. The molecule has 5 rings (SSSR count). The van der Waals surface area contributed by atoms with Crippen LogP contribution in [0.4, 0.5) is 0 Å². The number of halogens is 2.